The quantitative estimate of drug-likeness (QED) is 0.685. The number of rotatable bonds is 8. The fraction of sp³-hybridized carbons (Fsp3) is 0.625. The van der Waals surface area contributed by atoms with E-state index in [4.69, 9.17) is 4.74 Å². The molecule has 0 aliphatic heterocycles. The number of aliphatic hydroxyl groups is 1. The van der Waals surface area contributed by atoms with Crippen molar-refractivity contribution in [1.82, 2.24) is 5.32 Å². The van der Waals surface area contributed by atoms with E-state index in [0.717, 1.165) is 24.3 Å². The molecule has 1 unspecified atom stereocenters. The maximum absolute atomic E-state index is 9.84. The maximum Gasteiger partial charge on any atom is 0.120 e. The van der Waals surface area contributed by atoms with Crippen molar-refractivity contribution in [2.24, 2.45) is 5.41 Å². The molecular formula is C16H27NO3. The van der Waals surface area contributed by atoms with Gasteiger partial charge in [-0.2, -0.15) is 0 Å². The normalized spacial score (nSPS) is 13.2. The summed E-state index contributed by atoms with van der Waals surface area (Å²) in [6, 6.07) is 5.27. The van der Waals surface area contributed by atoms with Crippen LogP contribution in [0.4, 0.5) is 0 Å². The summed E-state index contributed by atoms with van der Waals surface area (Å²) in [6.07, 6.45) is 0.437. The smallest absolute Gasteiger partial charge is 0.120 e. The predicted molar refractivity (Wildman–Crippen MR) is 81.1 cm³/mol. The van der Waals surface area contributed by atoms with Crippen LogP contribution in [0.25, 0.3) is 0 Å². The lowest BCUT2D eigenvalue weighted by molar-refractivity contribution is 0.128. The van der Waals surface area contributed by atoms with E-state index in [1.54, 1.807) is 19.1 Å². The third kappa shape index (κ3) is 5.80. The molecule has 1 aromatic rings. The maximum atomic E-state index is 9.84. The average molecular weight is 281 g/mol. The number of aromatic hydroxyl groups is 1. The van der Waals surface area contributed by atoms with Gasteiger partial charge in [-0.1, -0.05) is 13.8 Å². The SMILES string of the molecule is CCOc1ccc(O)c(CNCC(C)(C)CC(C)O)c1. The number of benzene rings is 1. The molecule has 20 heavy (non-hydrogen) atoms. The largest absolute Gasteiger partial charge is 0.508 e. The summed E-state index contributed by atoms with van der Waals surface area (Å²) in [7, 11) is 0. The highest BCUT2D eigenvalue weighted by atomic mass is 16.5. The van der Waals surface area contributed by atoms with Crippen molar-refractivity contribution in [2.75, 3.05) is 13.2 Å². The van der Waals surface area contributed by atoms with E-state index >= 15 is 0 Å². The second-order valence-corrected chi connectivity index (χ2v) is 6.04. The zero-order valence-corrected chi connectivity index (χ0v) is 12.9. The van der Waals surface area contributed by atoms with Gasteiger partial charge in [0.25, 0.3) is 0 Å². The van der Waals surface area contributed by atoms with Crippen LogP contribution < -0.4 is 10.1 Å². The Bertz CT molecular complexity index is 416. The third-order valence-corrected chi connectivity index (χ3v) is 3.13. The van der Waals surface area contributed by atoms with Gasteiger partial charge in [0, 0.05) is 18.7 Å². The van der Waals surface area contributed by atoms with Gasteiger partial charge in [-0.3, -0.25) is 0 Å². The van der Waals surface area contributed by atoms with Crippen LogP contribution in [0.2, 0.25) is 0 Å². The fourth-order valence-electron chi connectivity index (χ4n) is 2.37. The van der Waals surface area contributed by atoms with Gasteiger partial charge in [-0.25, -0.2) is 0 Å². The molecule has 0 aromatic heterocycles. The number of phenolic OH excluding ortho intramolecular Hbond substituents is 1. The van der Waals surface area contributed by atoms with Crippen LogP contribution in [0.1, 0.15) is 39.7 Å². The molecule has 0 fully saturated rings. The van der Waals surface area contributed by atoms with E-state index in [0.29, 0.717) is 13.2 Å². The standard InChI is InChI=1S/C16H27NO3/c1-5-20-14-6-7-15(19)13(8-14)10-17-11-16(3,4)9-12(2)18/h6-8,12,17-19H,5,9-11H2,1-4H3. The number of nitrogens with one attached hydrogen (secondary N) is 1. The van der Waals surface area contributed by atoms with Crippen molar-refractivity contribution in [1.29, 1.82) is 0 Å². The molecule has 3 N–H and O–H groups in total. The van der Waals surface area contributed by atoms with E-state index in [1.807, 2.05) is 13.0 Å². The minimum Gasteiger partial charge on any atom is -0.508 e. The van der Waals surface area contributed by atoms with E-state index in [-0.39, 0.29) is 17.3 Å². The molecule has 4 heteroatoms. The molecule has 1 atom stereocenters. The topological polar surface area (TPSA) is 61.7 Å². The van der Waals surface area contributed by atoms with Gasteiger partial charge in [0.1, 0.15) is 11.5 Å². The highest BCUT2D eigenvalue weighted by molar-refractivity contribution is 5.39. The van der Waals surface area contributed by atoms with Crippen LogP contribution in [-0.4, -0.2) is 29.5 Å². The van der Waals surface area contributed by atoms with Gasteiger partial charge in [0.05, 0.1) is 12.7 Å². The first-order valence-electron chi connectivity index (χ1n) is 7.17. The Morgan fingerprint density at radius 1 is 1.35 bits per heavy atom. The van der Waals surface area contributed by atoms with E-state index in [1.165, 1.54) is 0 Å². The van der Waals surface area contributed by atoms with Crippen molar-refractivity contribution >= 4 is 0 Å². The van der Waals surface area contributed by atoms with E-state index in [2.05, 4.69) is 19.2 Å². The fourth-order valence-corrected chi connectivity index (χ4v) is 2.37. The summed E-state index contributed by atoms with van der Waals surface area (Å²) in [5.74, 6) is 1.04. The molecule has 4 nitrogen and oxygen atoms in total. The lowest BCUT2D eigenvalue weighted by atomic mass is 9.87. The van der Waals surface area contributed by atoms with Crippen LogP contribution in [-0.2, 0) is 6.54 Å². The van der Waals surface area contributed by atoms with Gasteiger partial charge in [-0.15, -0.1) is 0 Å². The predicted octanol–water partition coefficient (Wildman–Crippen LogP) is 2.68. The molecule has 0 aliphatic carbocycles. The van der Waals surface area contributed by atoms with Crippen LogP contribution in [0, 0.1) is 5.41 Å². The van der Waals surface area contributed by atoms with Crippen LogP contribution in [0.3, 0.4) is 0 Å². The summed E-state index contributed by atoms with van der Waals surface area (Å²) in [4.78, 5) is 0. The molecule has 0 amide bonds. The molecule has 0 spiro atoms. The monoisotopic (exact) mass is 281 g/mol. The first-order chi connectivity index (χ1) is 9.34. The highest BCUT2D eigenvalue weighted by Crippen LogP contribution is 2.24. The second kappa shape index (κ2) is 7.50. The van der Waals surface area contributed by atoms with Gasteiger partial charge < -0.3 is 20.3 Å². The average Bonchev–Trinajstić information content (AvgIpc) is 2.31. The first kappa shape index (κ1) is 16.8. The molecule has 114 valence electrons. The Morgan fingerprint density at radius 2 is 2.05 bits per heavy atom. The van der Waals surface area contributed by atoms with Gasteiger partial charge in [-0.05, 0) is 43.9 Å². The lowest BCUT2D eigenvalue weighted by Gasteiger charge is -2.26. The van der Waals surface area contributed by atoms with Crippen molar-refractivity contribution in [2.45, 2.75) is 46.8 Å². The molecule has 0 heterocycles. The molecule has 0 bridgehead atoms. The molecule has 0 saturated carbocycles. The van der Waals surface area contributed by atoms with Crippen LogP contribution in [0.5, 0.6) is 11.5 Å². The van der Waals surface area contributed by atoms with Crippen molar-refractivity contribution in [3.63, 3.8) is 0 Å². The van der Waals surface area contributed by atoms with Crippen LogP contribution in [0.15, 0.2) is 18.2 Å². The van der Waals surface area contributed by atoms with E-state index in [9.17, 15) is 10.2 Å². The number of aliphatic hydroxyl groups excluding tert-OH is 1. The number of hydrogen-bond donors (Lipinski definition) is 3. The van der Waals surface area contributed by atoms with Gasteiger partial charge >= 0.3 is 0 Å². The molecule has 0 aliphatic rings. The number of hydrogen-bond acceptors (Lipinski definition) is 4. The summed E-state index contributed by atoms with van der Waals surface area (Å²) in [6.45, 7) is 9.93. The van der Waals surface area contributed by atoms with Gasteiger partial charge in [0.2, 0.25) is 0 Å². The van der Waals surface area contributed by atoms with Gasteiger partial charge in [0.15, 0.2) is 0 Å². The zero-order valence-electron chi connectivity index (χ0n) is 12.9. The zero-order chi connectivity index (χ0) is 15.2. The Hall–Kier alpha value is -1.26. The third-order valence-electron chi connectivity index (χ3n) is 3.13. The summed E-state index contributed by atoms with van der Waals surface area (Å²) in [5.41, 5.74) is 0.838. The molecule has 1 rings (SSSR count). The highest BCUT2D eigenvalue weighted by Gasteiger charge is 2.19. The lowest BCUT2D eigenvalue weighted by Crippen LogP contribution is -2.31. The van der Waals surface area contributed by atoms with Crippen molar-refractivity contribution in [3.8, 4) is 11.5 Å². The second-order valence-electron chi connectivity index (χ2n) is 6.04. The Labute approximate surface area is 121 Å². The summed E-state index contributed by atoms with van der Waals surface area (Å²) >= 11 is 0. The molecule has 0 saturated heterocycles. The van der Waals surface area contributed by atoms with E-state index < -0.39 is 0 Å². The molecular weight excluding hydrogens is 254 g/mol. The number of phenols is 1. The Balaban J connectivity index is 2.55. The minimum atomic E-state index is -0.304. The molecule has 0 radical (unpaired) electrons. The van der Waals surface area contributed by atoms with Crippen molar-refractivity contribution in [3.05, 3.63) is 23.8 Å². The Kier molecular flexibility index (Phi) is 6.30. The summed E-state index contributed by atoms with van der Waals surface area (Å²) in [5, 5.41) is 22.6. The number of ether oxygens (including phenoxy) is 1. The van der Waals surface area contributed by atoms with Crippen molar-refractivity contribution < 1.29 is 14.9 Å². The summed E-state index contributed by atoms with van der Waals surface area (Å²) < 4.78 is 5.43. The minimum absolute atomic E-state index is 0.0152. The van der Waals surface area contributed by atoms with Crippen LogP contribution >= 0.6 is 0 Å². The first-order valence-corrected chi connectivity index (χ1v) is 7.17. The Morgan fingerprint density at radius 3 is 2.65 bits per heavy atom. The molecule has 1 aromatic carbocycles.